The standard InChI is InChI=1S/C41H55Cl2N5O4/c1-27(9-7-6-8-14-51-34-15-28(2)36(29(3)16-34)24-47-20-32(21-47)40(49)44-5)12-13-45-41(50)33-22-48(23-33)25-39-30(4)17-35(19-46-39)52-26-31-10-11-37(42)38(43)18-31/h10-11,15-19,27,32-33H,6-9,12-14,20-26H2,1-5H3,(H,44,49)(H,45,50). The van der Waals surface area contributed by atoms with E-state index < -0.39 is 0 Å². The van der Waals surface area contributed by atoms with E-state index in [0.717, 1.165) is 107 Å². The molecule has 3 aromatic rings. The van der Waals surface area contributed by atoms with Crippen LogP contribution in [-0.2, 0) is 29.3 Å². The van der Waals surface area contributed by atoms with Crippen molar-refractivity contribution in [1.82, 2.24) is 25.4 Å². The number of amides is 2. The number of carbonyl (C=O) groups is 2. The summed E-state index contributed by atoms with van der Waals surface area (Å²) in [5.74, 6) is 2.66. The number of hydrogen-bond donors (Lipinski definition) is 2. The van der Waals surface area contributed by atoms with Crippen LogP contribution in [0.25, 0.3) is 0 Å². The number of halogens is 2. The highest BCUT2D eigenvalue weighted by Gasteiger charge is 2.33. The Balaban J connectivity index is 0.889. The van der Waals surface area contributed by atoms with Crippen molar-refractivity contribution in [3.05, 3.63) is 86.2 Å². The fourth-order valence-electron chi connectivity index (χ4n) is 6.97. The molecule has 2 saturated heterocycles. The van der Waals surface area contributed by atoms with E-state index in [1.165, 1.54) is 16.7 Å². The predicted octanol–water partition coefficient (Wildman–Crippen LogP) is 7.28. The van der Waals surface area contributed by atoms with E-state index >= 15 is 0 Å². The third-order valence-corrected chi connectivity index (χ3v) is 11.2. The third-order valence-electron chi connectivity index (χ3n) is 10.4. The van der Waals surface area contributed by atoms with E-state index in [1.54, 1.807) is 25.4 Å². The molecule has 9 nitrogen and oxygen atoms in total. The summed E-state index contributed by atoms with van der Waals surface area (Å²) in [6, 6.07) is 11.8. The molecule has 2 N–H and O–H groups in total. The van der Waals surface area contributed by atoms with E-state index in [-0.39, 0.29) is 23.7 Å². The summed E-state index contributed by atoms with van der Waals surface area (Å²) in [6.45, 7) is 15.2. The minimum absolute atomic E-state index is 0.0387. The number of aryl methyl sites for hydroxylation is 3. The van der Waals surface area contributed by atoms with Crippen molar-refractivity contribution in [3.8, 4) is 11.5 Å². The first-order valence-electron chi connectivity index (χ1n) is 18.7. The zero-order valence-electron chi connectivity index (χ0n) is 31.4. The predicted molar refractivity (Wildman–Crippen MR) is 208 cm³/mol. The van der Waals surface area contributed by atoms with Crippen LogP contribution in [0.5, 0.6) is 11.5 Å². The number of nitrogens with zero attached hydrogens (tertiary/aromatic N) is 3. The molecule has 52 heavy (non-hydrogen) atoms. The van der Waals surface area contributed by atoms with Gasteiger partial charge in [-0.15, -0.1) is 0 Å². The second-order valence-corrected chi connectivity index (χ2v) is 15.6. The van der Waals surface area contributed by atoms with Gasteiger partial charge < -0.3 is 20.1 Å². The fraction of sp³-hybridized carbons (Fsp3) is 0.537. The van der Waals surface area contributed by atoms with Gasteiger partial charge in [0.05, 0.1) is 40.4 Å². The number of nitrogens with one attached hydrogen (secondary N) is 2. The molecule has 0 bridgehead atoms. The second kappa shape index (κ2) is 19.1. The van der Waals surface area contributed by atoms with Crippen LogP contribution >= 0.6 is 23.2 Å². The first-order chi connectivity index (χ1) is 25.0. The lowest BCUT2D eigenvalue weighted by Gasteiger charge is -2.38. The molecule has 0 radical (unpaired) electrons. The summed E-state index contributed by atoms with van der Waals surface area (Å²) in [4.78, 5) is 33.8. The topological polar surface area (TPSA) is 96.0 Å². The number of hydrogen-bond acceptors (Lipinski definition) is 7. The Labute approximate surface area is 319 Å². The molecule has 5 rings (SSSR count). The van der Waals surface area contributed by atoms with Crippen LogP contribution in [0, 0.1) is 38.5 Å². The van der Waals surface area contributed by atoms with Gasteiger partial charge in [-0.1, -0.05) is 55.5 Å². The Morgan fingerprint density at radius 1 is 0.827 bits per heavy atom. The van der Waals surface area contributed by atoms with Gasteiger partial charge in [-0.05, 0) is 97.7 Å². The highest BCUT2D eigenvalue weighted by molar-refractivity contribution is 6.42. The quantitative estimate of drug-likeness (QED) is 0.124. The van der Waals surface area contributed by atoms with Gasteiger partial charge in [0, 0.05) is 52.9 Å². The van der Waals surface area contributed by atoms with Crippen molar-refractivity contribution in [2.45, 2.75) is 79.5 Å². The van der Waals surface area contributed by atoms with Crippen molar-refractivity contribution < 1.29 is 19.1 Å². The largest absolute Gasteiger partial charge is 0.494 e. The lowest BCUT2D eigenvalue weighted by atomic mass is 9.95. The Morgan fingerprint density at radius 3 is 2.17 bits per heavy atom. The molecule has 1 atom stereocenters. The average Bonchev–Trinajstić information content (AvgIpc) is 3.07. The minimum Gasteiger partial charge on any atom is -0.494 e. The lowest BCUT2D eigenvalue weighted by Crippen LogP contribution is -2.53. The normalized spacial score (nSPS) is 15.8. The molecule has 2 amide bonds. The van der Waals surface area contributed by atoms with Gasteiger partial charge in [-0.25, -0.2) is 0 Å². The zero-order chi connectivity index (χ0) is 37.2. The van der Waals surface area contributed by atoms with Crippen molar-refractivity contribution in [3.63, 3.8) is 0 Å². The highest BCUT2D eigenvalue weighted by atomic mass is 35.5. The molecular formula is C41H55Cl2N5O4. The van der Waals surface area contributed by atoms with Gasteiger partial charge in [0.2, 0.25) is 11.8 Å². The Morgan fingerprint density at radius 2 is 1.50 bits per heavy atom. The van der Waals surface area contributed by atoms with E-state index in [9.17, 15) is 9.59 Å². The maximum absolute atomic E-state index is 12.7. The molecular weight excluding hydrogens is 697 g/mol. The SMILES string of the molecule is CNC(=O)C1CN(Cc2c(C)cc(OCCCCCC(C)CCNC(=O)C3CN(Cc4ncc(OCc5ccc(Cl)c(Cl)c5)cc4C)C3)cc2C)C1. The van der Waals surface area contributed by atoms with Crippen LogP contribution in [0.2, 0.25) is 10.0 Å². The Bertz CT molecular complexity index is 1650. The third kappa shape index (κ3) is 11.3. The lowest BCUT2D eigenvalue weighted by molar-refractivity contribution is -0.131. The molecule has 3 heterocycles. The van der Waals surface area contributed by atoms with Crippen LogP contribution in [0.3, 0.4) is 0 Å². The molecule has 0 spiro atoms. The summed E-state index contributed by atoms with van der Waals surface area (Å²) in [5, 5.41) is 6.95. The summed E-state index contributed by atoms with van der Waals surface area (Å²) in [5.41, 5.74) is 6.82. The van der Waals surface area contributed by atoms with Crippen molar-refractivity contribution in [1.29, 1.82) is 0 Å². The van der Waals surface area contributed by atoms with Crippen molar-refractivity contribution >= 4 is 35.0 Å². The Kier molecular flexibility index (Phi) is 14.6. The van der Waals surface area contributed by atoms with E-state index in [1.807, 2.05) is 19.1 Å². The van der Waals surface area contributed by atoms with Gasteiger partial charge in [0.15, 0.2) is 0 Å². The number of carbonyl (C=O) groups excluding carboxylic acids is 2. The molecule has 282 valence electrons. The first-order valence-corrected chi connectivity index (χ1v) is 19.4. The maximum Gasteiger partial charge on any atom is 0.225 e. The van der Waals surface area contributed by atoms with E-state index in [2.05, 4.69) is 58.3 Å². The number of aromatic nitrogens is 1. The molecule has 2 fully saturated rings. The number of benzene rings is 2. The molecule has 11 heteroatoms. The first kappa shape index (κ1) is 39.8. The molecule has 2 aromatic carbocycles. The van der Waals surface area contributed by atoms with Gasteiger partial charge in [0.1, 0.15) is 18.1 Å². The van der Waals surface area contributed by atoms with Gasteiger partial charge in [0.25, 0.3) is 0 Å². The molecule has 2 aliphatic rings. The molecule has 1 aromatic heterocycles. The molecule has 1 unspecified atom stereocenters. The second-order valence-electron chi connectivity index (χ2n) is 14.8. The molecule has 2 aliphatic heterocycles. The summed E-state index contributed by atoms with van der Waals surface area (Å²) in [6.07, 6.45) is 7.23. The summed E-state index contributed by atoms with van der Waals surface area (Å²) in [7, 11) is 1.70. The van der Waals surface area contributed by atoms with Crippen LogP contribution in [0.4, 0.5) is 0 Å². The highest BCUT2D eigenvalue weighted by Crippen LogP contribution is 2.28. The van der Waals surface area contributed by atoms with Crippen molar-refractivity contribution in [2.75, 3.05) is 46.4 Å². The summed E-state index contributed by atoms with van der Waals surface area (Å²) < 4.78 is 12.0. The van der Waals surface area contributed by atoms with Crippen LogP contribution in [-0.4, -0.2) is 73.0 Å². The summed E-state index contributed by atoms with van der Waals surface area (Å²) >= 11 is 12.1. The van der Waals surface area contributed by atoms with E-state index in [4.69, 9.17) is 32.7 Å². The van der Waals surface area contributed by atoms with Crippen LogP contribution in [0.1, 0.15) is 72.5 Å². The number of likely N-dealkylation sites (tertiary alicyclic amines) is 2. The molecule has 0 aliphatic carbocycles. The zero-order valence-corrected chi connectivity index (χ0v) is 32.9. The maximum atomic E-state index is 12.7. The van der Waals surface area contributed by atoms with Crippen molar-refractivity contribution in [2.24, 2.45) is 17.8 Å². The number of rotatable bonds is 19. The minimum atomic E-state index is 0.0387. The van der Waals surface area contributed by atoms with Crippen LogP contribution in [0.15, 0.2) is 42.6 Å². The van der Waals surface area contributed by atoms with Gasteiger partial charge in [-0.2, -0.15) is 0 Å². The fourth-order valence-corrected chi connectivity index (χ4v) is 7.29. The number of pyridine rings is 1. The van der Waals surface area contributed by atoms with Gasteiger partial charge >= 0.3 is 0 Å². The monoisotopic (exact) mass is 751 g/mol. The average molecular weight is 753 g/mol. The van der Waals surface area contributed by atoms with E-state index in [0.29, 0.717) is 28.3 Å². The van der Waals surface area contributed by atoms with Gasteiger partial charge in [-0.3, -0.25) is 24.4 Å². The number of unbranched alkanes of at least 4 members (excludes halogenated alkanes) is 2. The number of ether oxygens (including phenoxy) is 2. The smallest absolute Gasteiger partial charge is 0.225 e. The molecule has 0 saturated carbocycles. The van der Waals surface area contributed by atoms with Crippen LogP contribution < -0.4 is 20.1 Å². The Hall–Kier alpha value is -3.37.